The van der Waals surface area contributed by atoms with Crippen LogP contribution in [-0.4, -0.2) is 57.2 Å². The largest absolute Gasteiger partial charge is 0.494 e. The number of methoxy groups -OCH3 is 1. The maximum atomic E-state index is 13.9. The number of carbonyl (C=O) groups excluding carboxylic acids is 1. The number of ether oxygens (including phenoxy) is 1. The molecule has 6 heteroatoms. The molecule has 1 aromatic rings. The highest BCUT2D eigenvalue weighted by atomic mass is 19.1. The first-order valence-electron chi connectivity index (χ1n) is 9.21. The fourth-order valence-corrected chi connectivity index (χ4v) is 4.43. The van der Waals surface area contributed by atoms with E-state index in [9.17, 15) is 9.18 Å². The van der Waals surface area contributed by atoms with E-state index in [2.05, 4.69) is 10.2 Å². The lowest BCUT2D eigenvalue weighted by molar-refractivity contribution is -0.133. The molecular weight excluding hydrogens is 321 g/mol. The number of rotatable bonds is 3. The van der Waals surface area contributed by atoms with Gasteiger partial charge >= 0.3 is 0 Å². The maximum absolute atomic E-state index is 13.9. The van der Waals surface area contributed by atoms with Crippen molar-refractivity contribution in [3.63, 3.8) is 0 Å². The summed E-state index contributed by atoms with van der Waals surface area (Å²) in [6.45, 7) is 5.02. The lowest BCUT2D eigenvalue weighted by atomic mass is 9.91. The molecule has 0 bridgehead atoms. The highest BCUT2D eigenvalue weighted by Gasteiger charge is 2.58. The summed E-state index contributed by atoms with van der Waals surface area (Å²) in [6, 6.07) is 5.05. The van der Waals surface area contributed by atoms with Crippen LogP contribution in [0.1, 0.15) is 19.3 Å². The maximum Gasteiger partial charge on any atom is 0.226 e. The van der Waals surface area contributed by atoms with Gasteiger partial charge in [-0.15, -0.1) is 0 Å². The van der Waals surface area contributed by atoms with Gasteiger partial charge in [-0.1, -0.05) is 0 Å². The zero-order valence-electron chi connectivity index (χ0n) is 14.8. The third-order valence-electron chi connectivity index (χ3n) is 6.18. The van der Waals surface area contributed by atoms with Gasteiger partial charge in [0.25, 0.3) is 0 Å². The molecule has 1 atom stereocenters. The fourth-order valence-electron chi connectivity index (χ4n) is 4.43. The Morgan fingerprint density at radius 3 is 2.60 bits per heavy atom. The SMILES string of the molecule is COc1ccc(N2CCN(C(=O)[C@H]3CC34CCNCC4)CC2)cc1F. The molecular formula is C19H26FN3O2. The van der Waals surface area contributed by atoms with Crippen LogP contribution in [0.5, 0.6) is 5.75 Å². The number of piperazine rings is 1. The van der Waals surface area contributed by atoms with Gasteiger partial charge in [0.1, 0.15) is 0 Å². The minimum Gasteiger partial charge on any atom is -0.494 e. The van der Waals surface area contributed by atoms with Crippen LogP contribution >= 0.6 is 0 Å². The van der Waals surface area contributed by atoms with E-state index < -0.39 is 0 Å². The Kier molecular flexibility index (Phi) is 4.31. The molecule has 1 amide bonds. The van der Waals surface area contributed by atoms with Crippen LogP contribution in [0, 0.1) is 17.2 Å². The van der Waals surface area contributed by atoms with E-state index in [0.717, 1.165) is 64.2 Å². The smallest absolute Gasteiger partial charge is 0.226 e. The van der Waals surface area contributed by atoms with E-state index in [1.54, 1.807) is 6.07 Å². The fraction of sp³-hybridized carbons (Fsp3) is 0.632. The minimum absolute atomic E-state index is 0.236. The molecule has 3 fully saturated rings. The van der Waals surface area contributed by atoms with E-state index in [1.165, 1.54) is 13.2 Å². The quantitative estimate of drug-likeness (QED) is 0.907. The van der Waals surface area contributed by atoms with Crippen molar-refractivity contribution >= 4 is 11.6 Å². The van der Waals surface area contributed by atoms with E-state index in [-0.39, 0.29) is 17.5 Å². The van der Waals surface area contributed by atoms with E-state index in [4.69, 9.17) is 4.74 Å². The molecule has 1 aliphatic carbocycles. The molecule has 1 saturated carbocycles. The van der Waals surface area contributed by atoms with Crippen LogP contribution < -0.4 is 15.0 Å². The number of carbonyl (C=O) groups is 1. The van der Waals surface area contributed by atoms with Crippen molar-refractivity contribution in [2.75, 3.05) is 51.3 Å². The first-order chi connectivity index (χ1) is 12.1. The lowest BCUT2D eigenvalue weighted by Crippen LogP contribution is -2.50. The Morgan fingerprint density at radius 2 is 1.96 bits per heavy atom. The van der Waals surface area contributed by atoms with Crippen LogP contribution in [-0.2, 0) is 4.79 Å². The van der Waals surface area contributed by atoms with Crippen molar-refractivity contribution in [3.8, 4) is 5.75 Å². The molecule has 2 heterocycles. The Labute approximate surface area is 148 Å². The zero-order chi connectivity index (χ0) is 17.4. The average Bonchev–Trinajstić information content (AvgIpc) is 3.34. The van der Waals surface area contributed by atoms with Crippen LogP contribution in [0.2, 0.25) is 0 Å². The third-order valence-corrected chi connectivity index (χ3v) is 6.18. The number of nitrogens with one attached hydrogen (secondary N) is 1. The van der Waals surface area contributed by atoms with Gasteiger partial charge in [-0.2, -0.15) is 0 Å². The van der Waals surface area contributed by atoms with Crippen LogP contribution in [0.15, 0.2) is 18.2 Å². The molecule has 0 unspecified atom stereocenters. The lowest BCUT2D eigenvalue weighted by Gasteiger charge is -2.37. The molecule has 1 aromatic carbocycles. The topological polar surface area (TPSA) is 44.8 Å². The molecule has 1 N–H and O–H groups in total. The summed E-state index contributed by atoms with van der Waals surface area (Å²) in [6.07, 6.45) is 3.33. The van der Waals surface area contributed by atoms with Gasteiger partial charge in [-0.25, -0.2) is 4.39 Å². The number of hydrogen-bond donors (Lipinski definition) is 1. The van der Waals surface area contributed by atoms with Crippen molar-refractivity contribution < 1.29 is 13.9 Å². The van der Waals surface area contributed by atoms with Crippen molar-refractivity contribution in [1.29, 1.82) is 0 Å². The molecule has 4 rings (SSSR count). The highest BCUT2D eigenvalue weighted by molar-refractivity contribution is 5.83. The summed E-state index contributed by atoms with van der Waals surface area (Å²) < 4.78 is 18.9. The third kappa shape index (κ3) is 3.08. The van der Waals surface area contributed by atoms with E-state index in [0.29, 0.717) is 11.3 Å². The standard InChI is InChI=1S/C19H26FN3O2/c1-25-17-3-2-14(12-16(17)20)22-8-10-23(11-9-22)18(24)15-13-19(15)4-6-21-7-5-19/h2-3,12,15,21H,4-11,13H2,1H3/t15-/m1/s1. The summed E-state index contributed by atoms with van der Waals surface area (Å²) in [7, 11) is 1.47. The summed E-state index contributed by atoms with van der Waals surface area (Å²) in [4.78, 5) is 17.0. The Balaban J connectivity index is 1.34. The van der Waals surface area contributed by atoms with Gasteiger partial charge < -0.3 is 19.9 Å². The molecule has 2 saturated heterocycles. The predicted octanol–water partition coefficient (Wildman–Crippen LogP) is 1.87. The van der Waals surface area contributed by atoms with E-state index >= 15 is 0 Å². The Bertz CT molecular complexity index is 652. The second-order valence-electron chi connectivity index (χ2n) is 7.50. The molecule has 0 aromatic heterocycles. The highest BCUT2D eigenvalue weighted by Crippen LogP contribution is 2.59. The van der Waals surface area contributed by atoms with Gasteiger partial charge in [0.15, 0.2) is 11.6 Å². The summed E-state index contributed by atoms with van der Waals surface area (Å²) in [5, 5.41) is 3.38. The van der Waals surface area contributed by atoms with Crippen molar-refractivity contribution in [3.05, 3.63) is 24.0 Å². The number of nitrogens with zero attached hydrogens (tertiary/aromatic N) is 2. The number of hydrogen-bond acceptors (Lipinski definition) is 4. The second kappa shape index (κ2) is 6.48. The molecule has 25 heavy (non-hydrogen) atoms. The van der Waals surface area contributed by atoms with Crippen molar-refractivity contribution in [2.45, 2.75) is 19.3 Å². The Hall–Kier alpha value is -1.82. The van der Waals surface area contributed by atoms with Crippen LogP contribution in [0.4, 0.5) is 10.1 Å². The Morgan fingerprint density at radius 1 is 1.24 bits per heavy atom. The number of piperidine rings is 1. The zero-order valence-corrected chi connectivity index (χ0v) is 14.8. The molecule has 5 nitrogen and oxygen atoms in total. The van der Waals surface area contributed by atoms with Gasteiger partial charge in [0, 0.05) is 43.9 Å². The van der Waals surface area contributed by atoms with Crippen molar-refractivity contribution in [1.82, 2.24) is 10.2 Å². The van der Waals surface area contributed by atoms with Gasteiger partial charge in [0.05, 0.1) is 7.11 Å². The molecule has 1 spiro atoms. The first-order valence-corrected chi connectivity index (χ1v) is 9.21. The summed E-state index contributed by atoms with van der Waals surface area (Å²) in [5.74, 6) is 0.491. The van der Waals surface area contributed by atoms with Crippen LogP contribution in [0.3, 0.4) is 0 Å². The molecule has 136 valence electrons. The van der Waals surface area contributed by atoms with E-state index in [1.807, 2.05) is 11.0 Å². The first kappa shape index (κ1) is 16.6. The van der Waals surface area contributed by atoms with Crippen LogP contribution in [0.25, 0.3) is 0 Å². The predicted molar refractivity (Wildman–Crippen MR) is 94.4 cm³/mol. The molecule has 0 radical (unpaired) electrons. The average molecular weight is 347 g/mol. The number of amides is 1. The second-order valence-corrected chi connectivity index (χ2v) is 7.50. The van der Waals surface area contributed by atoms with Gasteiger partial charge in [-0.3, -0.25) is 4.79 Å². The monoisotopic (exact) mass is 347 g/mol. The molecule has 2 aliphatic heterocycles. The molecule has 3 aliphatic rings. The normalized spacial score (nSPS) is 25.1. The summed E-state index contributed by atoms with van der Waals surface area (Å²) >= 11 is 0. The summed E-state index contributed by atoms with van der Waals surface area (Å²) in [5.41, 5.74) is 1.14. The number of halogens is 1. The van der Waals surface area contributed by atoms with Gasteiger partial charge in [0.2, 0.25) is 5.91 Å². The van der Waals surface area contributed by atoms with Gasteiger partial charge in [-0.05, 0) is 49.9 Å². The number of benzene rings is 1. The minimum atomic E-state index is -0.343. The van der Waals surface area contributed by atoms with Crippen molar-refractivity contribution in [2.24, 2.45) is 11.3 Å². The number of anilines is 1.